The van der Waals surface area contributed by atoms with Gasteiger partial charge in [-0.25, -0.2) is 0 Å². The smallest absolute Gasteiger partial charge is 0.0715 e. The van der Waals surface area contributed by atoms with Gasteiger partial charge in [-0.3, -0.25) is 0 Å². The Morgan fingerprint density at radius 2 is 1.83 bits per heavy atom. The molecule has 0 spiro atoms. The molecule has 150 valence electrons. The molecule has 3 aromatic rings. The SMILES string of the molecule is O=C([O-])c1ccc([C@@H]2Nc3ccc(CSc4ccccc4)cc3[C@H]3C=CC[C@H]32)cc1. The number of carboxylic acids is 1. The minimum Gasteiger partial charge on any atom is -0.545 e. The monoisotopic (exact) mass is 412 g/mol. The number of thioether (sulfide) groups is 1. The van der Waals surface area contributed by atoms with Crippen LogP contribution in [0.1, 0.15) is 45.4 Å². The average molecular weight is 413 g/mol. The summed E-state index contributed by atoms with van der Waals surface area (Å²) in [4.78, 5) is 12.4. The van der Waals surface area contributed by atoms with E-state index in [1.165, 1.54) is 21.7 Å². The third-order valence-electron chi connectivity index (χ3n) is 6.08. The van der Waals surface area contributed by atoms with Crippen molar-refractivity contribution in [3.8, 4) is 0 Å². The lowest BCUT2D eigenvalue weighted by atomic mass is 9.76. The molecule has 5 rings (SSSR count). The van der Waals surface area contributed by atoms with Crippen LogP contribution in [0.25, 0.3) is 0 Å². The van der Waals surface area contributed by atoms with Gasteiger partial charge >= 0.3 is 0 Å². The standard InChI is InChI=1S/C26H23NO2S/c28-26(29)19-12-10-18(11-13-19)25-22-8-4-7-21(22)23-15-17(9-14-24(23)27-25)16-30-20-5-2-1-3-6-20/h1-7,9-15,21-22,25,27H,8,16H2,(H,28,29)/p-1/t21-,22+,25-/m0/s1. The van der Waals surface area contributed by atoms with E-state index < -0.39 is 5.97 Å². The molecule has 0 saturated carbocycles. The molecule has 3 atom stereocenters. The summed E-state index contributed by atoms with van der Waals surface area (Å²) < 4.78 is 0. The van der Waals surface area contributed by atoms with Gasteiger partial charge in [0.25, 0.3) is 0 Å². The van der Waals surface area contributed by atoms with Crippen LogP contribution in [0.4, 0.5) is 5.69 Å². The lowest BCUT2D eigenvalue weighted by Gasteiger charge is -2.38. The Morgan fingerprint density at radius 3 is 2.60 bits per heavy atom. The number of rotatable bonds is 5. The van der Waals surface area contributed by atoms with Gasteiger partial charge in [-0.15, -0.1) is 11.8 Å². The van der Waals surface area contributed by atoms with Crippen LogP contribution in [0.2, 0.25) is 0 Å². The highest BCUT2D eigenvalue weighted by atomic mass is 32.2. The number of hydrogen-bond donors (Lipinski definition) is 1. The van der Waals surface area contributed by atoms with Gasteiger partial charge in [0.15, 0.2) is 0 Å². The predicted molar refractivity (Wildman–Crippen MR) is 120 cm³/mol. The zero-order valence-corrected chi connectivity index (χ0v) is 17.3. The van der Waals surface area contributed by atoms with E-state index in [1.807, 2.05) is 30.0 Å². The van der Waals surface area contributed by atoms with Gasteiger partial charge in [0.1, 0.15) is 0 Å². The lowest BCUT2D eigenvalue weighted by molar-refractivity contribution is -0.255. The first-order valence-electron chi connectivity index (χ1n) is 10.2. The van der Waals surface area contributed by atoms with Crippen molar-refractivity contribution in [3.63, 3.8) is 0 Å². The van der Waals surface area contributed by atoms with Crippen molar-refractivity contribution in [2.45, 2.75) is 29.0 Å². The molecule has 3 nitrogen and oxygen atoms in total. The summed E-state index contributed by atoms with van der Waals surface area (Å²) in [5, 5.41) is 14.8. The fourth-order valence-electron chi connectivity index (χ4n) is 4.57. The van der Waals surface area contributed by atoms with E-state index in [-0.39, 0.29) is 11.6 Å². The summed E-state index contributed by atoms with van der Waals surface area (Å²) in [7, 11) is 0. The number of carboxylic acid groups (broad SMARTS) is 1. The van der Waals surface area contributed by atoms with Crippen LogP contribution in [0.5, 0.6) is 0 Å². The maximum absolute atomic E-state index is 11.1. The number of anilines is 1. The molecule has 2 aliphatic rings. The molecule has 0 bridgehead atoms. The molecule has 1 aliphatic heterocycles. The Labute approximate surface area is 180 Å². The van der Waals surface area contributed by atoms with Crippen molar-refractivity contribution in [3.05, 3.63) is 107 Å². The number of fused-ring (bicyclic) bond motifs is 3. The maximum Gasteiger partial charge on any atom is 0.0715 e. The van der Waals surface area contributed by atoms with Crippen LogP contribution in [-0.2, 0) is 5.75 Å². The molecule has 0 radical (unpaired) electrons. The Morgan fingerprint density at radius 1 is 1.03 bits per heavy atom. The van der Waals surface area contributed by atoms with E-state index in [0.29, 0.717) is 11.8 Å². The third-order valence-corrected chi connectivity index (χ3v) is 7.16. The van der Waals surface area contributed by atoms with Crippen molar-refractivity contribution in [2.24, 2.45) is 5.92 Å². The molecule has 0 amide bonds. The molecule has 30 heavy (non-hydrogen) atoms. The van der Waals surface area contributed by atoms with E-state index in [9.17, 15) is 9.90 Å². The summed E-state index contributed by atoms with van der Waals surface area (Å²) in [6.45, 7) is 0. The summed E-state index contributed by atoms with van der Waals surface area (Å²) in [5.74, 6) is 0.633. The predicted octanol–water partition coefficient (Wildman–Crippen LogP) is 5.17. The molecular formula is C26H22NO2S-. The van der Waals surface area contributed by atoms with E-state index in [0.717, 1.165) is 17.7 Å². The lowest BCUT2D eigenvalue weighted by Crippen LogP contribution is -2.29. The fourth-order valence-corrected chi connectivity index (χ4v) is 5.44. The van der Waals surface area contributed by atoms with Crippen LogP contribution < -0.4 is 10.4 Å². The number of carbonyl (C=O) groups excluding carboxylic acids is 1. The quantitative estimate of drug-likeness (QED) is 0.464. The number of carbonyl (C=O) groups is 1. The summed E-state index contributed by atoms with van der Waals surface area (Å²) >= 11 is 1.86. The summed E-state index contributed by atoms with van der Waals surface area (Å²) in [6, 6.07) is 24.5. The summed E-state index contributed by atoms with van der Waals surface area (Å²) in [5.41, 5.74) is 5.21. The zero-order chi connectivity index (χ0) is 20.5. The highest BCUT2D eigenvalue weighted by Crippen LogP contribution is 2.50. The second kappa shape index (κ2) is 8.04. The highest BCUT2D eigenvalue weighted by Gasteiger charge is 2.37. The Balaban J connectivity index is 1.40. The Kier molecular flexibility index (Phi) is 5.09. The van der Waals surface area contributed by atoms with Crippen molar-refractivity contribution in [1.29, 1.82) is 0 Å². The fraction of sp³-hybridized carbons (Fsp3) is 0.192. The molecule has 1 aliphatic carbocycles. The van der Waals surface area contributed by atoms with E-state index in [2.05, 4.69) is 59.9 Å². The number of aromatic carboxylic acids is 1. The van der Waals surface area contributed by atoms with Gasteiger partial charge in [-0.1, -0.05) is 66.7 Å². The van der Waals surface area contributed by atoms with Gasteiger partial charge < -0.3 is 15.2 Å². The topological polar surface area (TPSA) is 52.2 Å². The van der Waals surface area contributed by atoms with Crippen molar-refractivity contribution >= 4 is 23.4 Å². The van der Waals surface area contributed by atoms with Crippen LogP contribution in [0.15, 0.2) is 89.8 Å². The van der Waals surface area contributed by atoms with Gasteiger partial charge in [0, 0.05) is 22.3 Å². The van der Waals surface area contributed by atoms with Gasteiger partial charge in [0.05, 0.1) is 12.0 Å². The first-order chi connectivity index (χ1) is 14.7. The molecule has 3 aromatic carbocycles. The Hall–Kier alpha value is -2.98. The zero-order valence-electron chi connectivity index (χ0n) is 16.5. The van der Waals surface area contributed by atoms with Gasteiger partial charge in [-0.2, -0.15) is 0 Å². The van der Waals surface area contributed by atoms with E-state index in [1.54, 1.807) is 12.1 Å². The molecule has 0 fully saturated rings. The maximum atomic E-state index is 11.1. The molecule has 0 saturated heterocycles. The minimum absolute atomic E-state index is 0.165. The molecule has 0 unspecified atom stereocenters. The first kappa shape index (κ1) is 19.0. The average Bonchev–Trinajstić information content (AvgIpc) is 3.28. The van der Waals surface area contributed by atoms with Crippen LogP contribution in [0, 0.1) is 5.92 Å². The largest absolute Gasteiger partial charge is 0.545 e. The minimum atomic E-state index is -1.13. The number of allylic oxidation sites excluding steroid dienone is 2. The highest BCUT2D eigenvalue weighted by molar-refractivity contribution is 7.98. The second-order valence-electron chi connectivity index (χ2n) is 7.91. The molecule has 4 heteroatoms. The van der Waals surface area contributed by atoms with Crippen LogP contribution in [0.3, 0.4) is 0 Å². The summed E-state index contributed by atoms with van der Waals surface area (Å²) in [6.07, 6.45) is 5.63. The van der Waals surface area contributed by atoms with Crippen LogP contribution in [-0.4, -0.2) is 5.97 Å². The normalized spacial score (nSPS) is 21.5. The molecule has 1 heterocycles. The van der Waals surface area contributed by atoms with Crippen LogP contribution >= 0.6 is 11.8 Å². The number of benzene rings is 3. The third kappa shape index (κ3) is 3.63. The van der Waals surface area contributed by atoms with Crippen molar-refractivity contribution in [1.82, 2.24) is 0 Å². The van der Waals surface area contributed by atoms with E-state index >= 15 is 0 Å². The number of hydrogen-bond acceptors (Lipinski definition) is 4. The van der Waals surface area contributed by atoms with Crippen molar-refractivity contribution < 1.29 is 9.90 Å². The number of nitrogens with one attached hydrogen (secondary N) is 1. The Bertz CT molecular complexity index is 1090. The first-order valence-corrected chi connectivity index (χ1v) is 11.2. The van der Waals surface area contributed by atoms with Crippen molar-refractivity contribution in [2.75, 3.05) is 5.32 Å². The van der Waals surface area contributed by atoms with E-state index in [4.69, 9.17) is 0 Å². The second-order valence-corrected chi connectivity index (χ2v) is 8.96. The molecule has 1 N–H and O–H groups in total. The van der Waals surface area contributed by atoms with Gasteiger partial charge in [-0.05, 0) is 52.8 Å². The molecular weight excluding hydrogens is 390 g/mol. The molecule has 0 aromatic heterocycles. The van der Waals surface area contributed by atoms with Gasteiger partial charge in [0.2, 0.25) is 0 Å².